The topological polar surface area (TPSA) is 31.5 Å². The van der Waals surface area contributed by atoms with Crippen molar-refractivity contribution in [2.75, 3.05) is 0 Å². The maximum atomic E-state index is 2.16. The van der Waals surface area contributed by atoms with Crippen molar-refractivity contribution >= 4 is 0 Å². The summed E-state index contributed by atoms with van der Waals surface area (Å²) in [6.07, 6.45) is 0. The zero-order valence-corrected chi connectivity index (χ0v) is 5.17. The first kappa shape index (κ1) is 8.85. The molecule has 4 heavy (non-hydrogen) atoms. The molecule has 0 atom stereocenters. The van der Waals surface area contributed by atoms with Crippen molar-refractivity contribution in [1.29, 1.82) is 0 Å². The van der Waals surface area contributed by atoms with Gasteiger partial charge in [0.15, 0.2) is 0 Å². The number of hydrogen-bond donors (Lipinski definition) is 0. The first-order chi connectivity index (χ1) is 1.41. The molecule has 0 unspecified atom stereocenters. The molecule has 0 aromatic carbocycles. The molecule has 0 amide bonds. The van der Waals surface area contributed by atoms with Crippen molar-refractivity contribution in [3.63, 3.8) is 0 Å². The molecule has 0 aliphatic rings. The largest absolute Gasteiger partial charge is 0.412 e. The number of hydrogen-bond acceptors (Lipinski definition) is 0. The van der Waals surface area contributed by atoms with Crippen molar-refractivity contribution in [1.82, 2.24) is 0 Å². The summed E-state index contributed by atoms with van der Waals surface area (Å²) in [5, 5.41) is 0. The fourth-order valence-corrected chi connectivity index (χ4v) is 0. The molecule has 0 bridgehead atoms. The summed E-state index contributed by atoms with van der Waals surface area (Å²) in [6, 6.07) is 0. The molecule has 2 N–H and O–H groups in total. The van der Waals surface area contributed by atoms with Crippen LogP contribution >= 0.6 is 0 Å². The Kier molecular flexibility index (Phi) is 20.2. The Hall–Kier alpha value is 0.843. The quantitative estimate of drug-likeness (QED) is 0.456. The SMILES string of the molecule is C[CH2][Zr].O. The Morgan fingerprint density at radius 3 is 1.75 bits per heavy atom. The van der Waals surface area contributed by atoms with Crippen LogP contribution in [0, 0.1) is 0 Å². The summed E-state index contributed by atoms with van der Waals surface area (Å²) in [5.41, 5.74) is 0. The minimum atomic E-state index is 0. The van der Waals surface area contributed by atoms with Gasteiger partial charge in [-0.15, -0.1) is 0 Å². The zero-order valence-electron chi connectivity index (χ0n) is 2.71. The molecule has 0 aliphatic carbocycles. The van der Waals surface area contributed by atoms with Crippen LogP contribution in [0.1, 0.15) is 6.92 Å². The van der Waals surface area contributed by atoms with Crippen LogP contribution in [0.15, 0.2) is 0 Å². The molecule has 0 fully saturated rings. The average Bonchev–Trinajstić information content (AvgIpc) is 0.918. The zero-order chi connectivity index (χ0) is 2.71. The van der Waals surface area contributed by atoms with Crippen LogP contribution in [0.3, 0.4) is 0 Å². The van der Waals surface area contributed by atoms with Gasteiger partial charge in [0.05, 0.1) is 0 Å². The van der Waals surface area contributed by atoms with Gasteiger partial charge < -0.3 is 5.48 Å². The minimum Gasteiger partial charge on any atom is -0.412 e. The van der Waals surface area contributed by atoms with Crippen molar-refractivity contribution < 1.29 is 30.2 Å². The minimum absolute atomic E-state index is 0. The Morgan fingerprint density at radius 1 is 1.75 bits per heavy atom. The molecule has 0 rings (SSSR count). The third kappa shape index (κ3) is 13.6. The molecule has 0 spiro atoms. The smallest absolute Gasteiger partial charge is 0.412 e. The Morgan fingerprint density at radius 2 is 1.75 bits per heavy atom. The molecule has 0 saturated heterocycles. The van der Waals surface area contributed by atoms with Gasteiger partial charge >= 0.3 is 35.8 Å². The van der Waals surface area contributed by atoms with E-state index in [1.165, 1.54) is 4.13 Å². The van der Waals surface area contributed by atoms with Crippen LogP contribution in [0.5, 0.6) is 0 Å². The maximum absolute atomic E-state index is 2.16. The van der Waals surface area contributed by atoms with E-state index in [0.29, 0.717) is 0 Å². The molecular formula is C2H7OZr. The second-order valence-electron chi connectivity index (χ2n) is 0.354. The first-order valence-corrected chi connectivity index (χ1v) is 2.80. The summed E-state index contributed by atoms with van der Waals surface area (Å²) in [5.74, 6) is 0. The van der Waals surface area contributed by atoms with E-state index in [0.717, 1.165) is 0 Å². The predicted octanol–water partition coefficient (Wildman–Crippen LogP) is 0.147. The maximum Gasteiger partial charge on any atom is -0.412 e. The van der Waals surface area contributed by atoms with E-state index in [4.69, 9.17) is 0 Å². The second kappa shape index (κ2) is 9.14. The standard InChI is InChI=1S/C2H5.H2O.Zr/c1-2;;/h1H2,2H3;1H2;. The second-order valence-corrected chi connectivity index (χ2v) is 2.09. The molecule has 0 aromatic rings. The van der Waals surface area contributed by atoms with Crippen LogP contribution in [-0.2, 0) is 24.7 Å². The average molecular weight is 138 g/mol. The summed E-state index contributed by atoms with van der Waals surface area (Å²) in [7, 11) is 0. The molecule has 0 aliphatic heterocycles. The molecule has 0 saturated carbocycles. The van der Waals surface area contributed by atoms with Gasteiger partial charge in [-0.1, -0.05) is 0 Å². The van der Waals surface area contributed by atoms with Gasteiger partial charge in [0.2, 0.25) is 0 Å². The van der Waals surface area contributed by atoms with Crippen LogP contribution in [0.4, 0.5) is 0 Å². The van der Waals surface area contributed by atoms with E-state index in [2.05, 4.69) is 6.92 Å². The van der Waals surface area contributed by atoms with Gasteiger partial charge in [-0.3, -0.25) is 0 Å². The molecule has 1 nitrogen and oxygen atoms in total. The van der Waals surface area contributed by atoms with E-state index in [9.17, 15) is 0 Å². The van der Waals surface area contributed by atoms with E-state index in [1.54, 1.807) is 24.7 Å². The van der Waals surface area contributed by atoms with Gasteiger partial charge in [0.1, 0.15) is 0 Å². The van der Waals surface area contributed by atoms with Crippen molar-refractivity contribution in [2.45, 2.75) is 11.1 Å². The predicted molar refractivity (Wildman–Crippen MR) is 14.1 cm³/mol. The van der Waals surface area contributed by atoms with E-state index >= 15 is 0 Å². The third-order valence-corrected chi connectivity index (χ3v) is 0. The Labute approximate surface area is 41.6 Å². The molecule has 0 aromatic heterocycles. The molecule has 0 heterocycles. The first-order valence-electron chi connectivity index (χ1n) is 1.06. The van der Waals surface area contributed by atoms with Crippen LogP contribution < -0.4 is 0 Å². The summed E-state index contributed by atoms with van der Waals surface area (Å²) in [6.45, 7) is 2.16. The summed E-state index contributed by atoms with van der Waals surface area (Å²) in [4.78, 5) is 0. The monoisotopic (exact) mass is 137 g/mol. The Bertz CT molecular complexity index is 6.00. The van der Waals surface area contributed by atoms with E-state index in [-0.39, 0.29) is 5.48 Å². The summed E-state index contributed by atoms with van der Waals surface area (Å²) >= 11 is 1.64. The van der Waals surface area contributed by atoms with Gasteiger partial charge in [-0.05, 0) is 0 Å². The van der Waals surface area contributed by atoms with Crippen molar-refractivity contribution in [2.24, 2.45) is 0 Å². The van der Waals surface area contributed by atoms with Crippen LogP contribution in [0.2, 0.25) is 4.13 Å². The Balaban J connectivity index is 0. The molecule has 25 valence electrons. The normalized spacial score (nSPS) is 4.00. The van der Waals surface area contributed by atoms with E-state index in [1.807, 2.05) is 0 Å². The molecular weight excluding hydrogens is 131 g/mol. The van der Waals surface area contributed by atoms with E-state index < -0.39 is 0 Å². The fourth-order valence-electron chi connectivity index (χ4n) is 0. The van der Waals surface area contributed by atoms with Crippen molar-refractivity contribution in [3.8, 4) is 0 Å². The summed E-state index contributed by atoms with van der Waals surface area (Å²) < 4.78 is 1.34. The fraction of sp³-hybridized carbons (Fsp3) is 1.00. The van der Waals surface area contributed by atoms with Gasteiger partial charge in [-0.2, -0.15) is 0 Å². The van der Waals surface area contributed by atoms with Crippen molar-refractivity contribution in [3.05, 3.63) is 0 Å². The van der Waals surface area contributed by atoms with Gasteiger partial charge in [0.25, 0.3) is 0 Å². The van der Waals surface area contributed by atoms with Crippen LogP contribution in [-0.4, -0.2) is 5.48 Å². The van der Waals surface area contributed by atoms with Gasteiger partial charge in [0, 0.05) is 0 Å². The van der Waals surface area contributed by atoms with Gasteiger partial charge in [-0.25, -0.2) is 0 Å². The molecule has 0 radical (unpaired) electrons. The third-order valence-electron chi connectivity index (χ3n) is 0. The van der Waals surface area contributed by atoms with Crippen LogP contribution in [0.25, 0.3) is 0 Å². The number of rotatable bonds is 0. The molecule has 2 heteroatoms.